The van der Waals surface area contributed by atoms with E-state index >= 15 is 0 Å². The van der Waals surface area contributed by atoms with Gasteiger partial charge in [0.25, 0.3) is 0 Å². The summed E-state index contributed by atoms with van der Waals surface area (Å²) in [6.45, 7) is 8.92. The first-order valence-corrected chi connectivity index (χ1v) is 7.07. The molecular formula is C12H25NO2S. The Morgan fingerprint density at radius 3 is 2.56 bits per heavy atom. The highest BCUT2D eigenvalue weighted by Crippen LogP contribution is 2.17. The Balaban J connectivity index is 3.98. The van der Waals surface area contributed by atoms with E-state index < -0.39 is 11.5 Å². The topological polar surface area (TPSA) is 49.3 Å². The fraction of sp³-hybridized carbons (Fsp3) is 0.917. The Kier molecular flexibility index (Phi) is 7.85. The SMILES string of the molecule is CCCNC(C)(CCCSC(C)C)C(=O)O. The van der Waals surface area contributed by atoms with E-state index in [0.29, 0.717) is 11.7 Å². The van der Waals surface area contributed by atoms with Gasteiger partial charge in [-0.15, -0.1) is 0 Å². The lowest BCUT2D eigenvalue weighted by Crippen LogP contribution is -2.49. The van der Waals surface area contributed by atoms with Crippen molar-refractivity contribution in [2.24, 2.45) is 0 Å². The molecule has 16 heavy (non-hydrogen) atoms. The molecule has 0 heterocycles. The van der Waals surface area contributed by atoms with Gasteiger partial charge in [-0.25, -0.2) is 0 Å². The van der Waals surface area contributed by atoms with Crippen LogP contribution < -0.4 is 5.32 Å². The van der Waals surface area contributed by atoms with Gasteiger partial charge in [-0.3, -0.25) is 4.79 Å². The first-order valence-electron chi connectivity index (χ1n) is 6.02. The van der Waals surface area contributed by atoms with Crippen LogP contribution in [0, 0.1) is 0 Å². The summed E-state index contributed by atoms with van der Waals surface area (Å²) < 4.78 is 0. The first kappa shape index (κ1) is 15.8. The van der Waals surface area contributed by atoms with E-state index in [1.165, 1.54) is 0 Å². The number of carboxylic acids is 1. The maximum atomic E-state index is 11.2. The molecule has 0 aromatic carbocycles. The molecule has 4 heteroatoms. The van der Waals surface area contributed by atoms with Crippen molar-refractivity contribution < 1.29 is 9.90 Å². The minimum absolute atomic E-state index is 0.625. The van der Waals surface area contributed by atoms with Gasteiger partial charge < -0.3 is 10.4 Å². The Hall–Kier alpha value is -0.220. The van der Waals surface area contributed by atoms with Crippen LogP contribution in [0.25, 0.3) is 0 Å². The van der Waals surface area contributed by atoms with Crippen molar-refractivity contribution in [2.45, 2.75) is 57.7 Å². The number of carbonyl (C=O) groups is 1. The highest BCUT2D eigenvalue weighted by molar-refractivity contribution is 7.99. The third kappa shape index (κ3) is 6.38. The fourth-order valence-corrected chi connectivity index (χ4v) is 2.20. The van der Waals surface area contributed by atoms with Gasteiger partial charge in [0.1, 0.15) is 5.54 Å². The molecule has 1 unspecified atom stereocenters. The summed E-state index contributed by atoms with van der Waals surface area (Å²) in [5, 5.41) is 12.9. The molecule has 0 radical (unpaired) electrons. The van der Waals surface area contributed by atoms with E-state index in [4.69, 9.17) is 0 Å². The molecule has 0 fully saturated rings. The lowest BCUT2D eigenvalue weighted by molar-refractivity contribution is -0.144. The normalized spacial score (nSPS) is 15.1. The third-order valence-electron chi connectivity index (χ3n) is 2.51. The summed E-state index contributed by atoms with van der Waals surface area (Å²) in [5.41, 5.74) is -0.756. The monoisotopic (exact) mass is 247 g/mol. The molecule has 3 nitrogen and oxygen atoms in total. The van der Waals surface area contributed by atoms with Crippen LogP contribution in [-0.4, -0.2) is 34.2 Å². The summed E-state index contributed by atoms with van der Waals surface area (Å²) >= 11 is 1.89. The minimum atomic E-state index is -0.756. The van der Waals surface area contributed by atoms with Crippen molar-refractivity contribution in [3.63, 3.8) is 0 Å². The van der Waals surface area contributed by atoms with Gasteiger partial charge in [0.2, 0.25) is 0 Å². The lowest BCUT2D eigenvalue weighted by atomic mass is 9.96. The molecule has 0 saturated carbocycles. The first-order chi connectivity index (χ1) is 7.42. The van der Waals surface area contributed by atoms with Crippen LogP contribution in [0.2, 0.25) is 0 Å². The largest absolute Gasteiger partial charge is 0.480 e. The van der Waals surface area contributed by atoms with Gasteiger partial charge in [0.15, 0.2) is 0 Å². The number of aliphatic carboxylic acids is 1. The zero-order chi connectivity index (χ0) is 12.6. The number of rotatable bonds is 9. The molecule has 0 aromatic heterocycles. The van der Waals surface area contributed by atoms with E-state index in [2.05, 4.69) is 19.2 Å². The summed E-state index contributed by atoms with van der Waals surface area (Å²) in [6.07, 6.45) is 2.61. The Labute approximate surface area is 103 Å². The van der Waals surface area contributed by atoms with E-state index in [9.17, 15) is 9.90 Å². The van der Waals surface area contributed by atoms with E-state index in [-0.39, 0.29) is 0 Å². The second kappa shape index (κ2) is 7.96. The molecule has 0 saturated heterocycles. The zero-order valence-electron chi connectivity index (χ0n) is 10.9. The van der Waals surface area contributed by atoms with Gasteiger partial charge in [-0.1, -0.05) is 20.8 Å². The molecule has 96 valence electrons. The number of carboxylic acid groups (broad SMARTS) is 1. The van der Waals surface area contributed by atoms with Crippen LogP contribution in [0.3, 0.4) is 0 Å². The van der Waals surface area contributed by atoms with Gasteiger partial charge in [-0.2, -0.15) is 11.8 Å². The Morgan fingerprint density at radius 2 is 2.12 bits per heavy atom. The average molecular weight is 247 g/mol. The van der Waals surface area contributed by atoms with E-state index in [1.54, 1.807) is 6.92 Å². The van der Waals surface area contributed by atoms with Gasteiger partial charge in [-0.05, 0) is 43.7 Å². The van der Waals surface area contributed by atoms with Crippen LogP contribution in [0.1, 0.15) is 47.0 Å². The molecule has 0 aliphatic carbocycles. The molecule has 0 spiro atoms. The lowest BCUT2D eigenvalue weighted by Gasteiger charge is -2.26. The predicted octanol–water partition coefficient (Wildman–Crippen LogP) is 2.75. The highest BCUT2D eigenvalue weighted by atomic mass is 32.2. The molecule has 0 aromatic rings. The average Bonchev–Trinajstić information content (AvgIpc) is 2.21. The van der Waals surface area contributed by atoms with Crippen molar-refractivity contribution >= 4 is 17.7 Å². The Morgan fingerprint density at radius 1 is 1.50 bits per heavy atom. The van der Waals surface area contributed by atoms with Crippen LogP contribution in [0.5, 0.6) is 0 Å². The second-order valence-electron chi connectivity index (χ2n) is 4.59. The molecule has 1 atom stereocenters. The van der Waals surface area contributed by atoms with Crippen molar-refractivity contribution in [3.05, 3.63) is 0 Å². The smallest absolute Gasteiger partial charge is 0.323 e. The highest BCUT2D eigenvalue weighted by Gasteiger charge is 2.31. The Bertz CT molecular complexity index is 209. The molecule has 2 N–H and O–H groups in total. The van der Waals surface area contributed by atoms with Gasteiger partial charge in [0, 0.05) is 0 Å². The van der Waals surface area contributed by atoms with Crippen LogP contribution >= 0.6 is 11.8 Å². The number of hydrogen-bond donors (Lipinski definition) is 2. The van der Waals surface area contributed by atoms with Crippen LogP contribution in [-0.2, 0) is 4.79 Å². The molecular weight excluding hydrogens is 222 g/mol. The second-order valence-corrected chi connectivity index (χ2v) is 6.27. The minimum Gasteiger partial charge on any atom is -0.480 e. The van der Waals surface area contributed by atoms with Crippen molar-refractivity contribution in [2.75, 3.05) is 12.3 Å². The van der Waals surface area contributed by atoms with Gasteiger partial charge >= 0.3 is 5.97 Å². The summed E-state index contributed by atoms with van der Waals surface area (Å²) in [7, 11) is 0. The molecule has 0 bridgehead atoms. The molecule has 0 rings (SSSR count). The number of hydrogen-bond acceptors (Lipinski definition) is 3. The molecule has 0 amide bonds. The standard InChI is InChI=1S/C12H25NO2S/c1-5-8-13-12(4,11(14)15)7-6-9-16-10(2)3/h10,13H,5-9H2,1-4H3,(H,14,15). The zero-order valence-corrected chi connectivity index (χ0v) is 11.7. The predicted molar refractivity (Wildman–Crippen MR) is 71.2 cm³/mol. The summed E-state index contributed by atoms with van der Waals surface area (Å²) in [4.78, 5) is 11.2. The van der Waals surface area contributed by atoms with Gasteiger partial charge in [0.05, 0.1) is 0 Å². The maximum Gasteiger partial charge on any atom is 0.323 e. The van der Waals surface area contributed by atoms with Crippen LogP contribution in [0.15, 0.2) is 0 Å². The third-order valence-corrected chi connectivity index (χ3v) is 3.70. The number of thioether (sulfide) groups is 1. The van der Waals surface area contributed by atoms with Crippen molar-refractivity contribution in [1.29, 1.82) is 0 Å². The number of nitrogens with one attached hydrogen (secondary N) is 1. The van der Waals surface area contributed by atoms with E-state index in [0.717, 1.165) is 25.1 Å². The van der Waals surface area contributed by atoms with Crippen LogP contribution in [0.4, 0.5) is 0 Å². The summed E-state index contributed by atoms with van der Waals surface area (Å²) in [5.74, 6) is 0.296. The van der Waals surface area contributed by atoms with Crippen molar-refractivity contribution in [3.8, 4) is 0 Å². The molecule has 0 aliphatic rings. The van der Waals surface area contributed by atoms with E-state index in [1.807, 2.05) is 18.7 Å². The summed E-state index contributed by atoms with van der Waals surface area (Å²) in [6, 6.07) is 0. The maximum absolute atomic E-state index is 11.2. The quantitative estimate of drug-likeness (QED) is 0.615. The fourth-order valence-electron chi connectivity index (χ4n) is 1.42. The van der Waals surface area contributed by atoms with Crippen molar-refractivity contribution in [1.82, 2.24) is 5.32 Å². The molecule has 0 aliphatic heterocycles.